The second-order valence-corrected chi connectivity index (χ2v) is 4.85. The molecule has 20 heavy (non-hydrogen) atoms. The molecule has 0 radical (unpaired) electrons. The number of halogens is 2. The Morgan fingerprint density at radius 3 is 2.75 bits per heavy atom. The molecule has 1 aliphatic rings. The van der Waals surface area contributed by atoms with Crippen molar-refractivity contribution in [1.82, 2.24) is 10.2 Å². The lowest BCUT2D eigenvalue weighted by Gasteiger charge is -2.23. The van der Waals surface area contributed by atoms with Gasteiger partial charge in [-0.3, -0.25) is 0 Å². The number of amides is 2. The Hall–Kier alpha value is -1.69. The number of rotatable bonds is 4. The van der Waals surface area contributed by atoms with E-state index in [1.54, 1.807) is 4.90 Å². The van der Waals surface area contributed by atoms with Crippen LogP contribution in [0.3, 0.4) is 0 Å². The maximum Gasteiger partial charge on any atom is 0.317 e. The number of aliphatic hydroxyl groups is 1. The molecule has 1 unspecified atom stereocenters. The molecule has 0 aliphatic carbocycles. The fraction of sp³-hybridized carbons (Fsp3) is 0.500. The first kappa shape index (κ1) is 14.7. The molecular weight excluding hydrogens is 266 g/mol. The minimum atomic E-state index is -0.603. The second kappa shape index (κ2) is 6.65. The van der Waals surface area contributed by atoms with Gasteiger partial charge in [0, 0.05) is 18.7 Å². The van der Waals surface area contributed by atoms with Crippen molar-refractivity contribution in [3.8, 4) is 0 Å². The van der Waals surface area contributed by atoms with Crippen LogP contribution in [-0.4, -0.2) is 41.8 Å². The van der Waals surface area contributed by atoms with Crippen LogP contribution in [0.2, 0.25) is 0 Å². The van der Waals surface area contributed by atoms with E-state index < -0.39 is 11.6 Å². The van der Waals surface area contributed by atoms with Gasteiger partial charge in [0.15, 0.2) is 0 Å². The van der Waals surface area contributed by atoms with Gasteiger partial charge in [-0.15, -0.1) is 0 Å². The Morgan fingerprint density at radius 1 is 1.40 bits per heavy atom. The highest BCUT2D eigenvalue weighted by Gasteiger charge is 2.27. The molecule has 0 bridgehead atoms. The van der Waals surface area contributed by atoms with Crippen LogP contribution in [0.5, 0.6) is 0 Å². The highest BCUT2D eigenvalue weighted by Crippen LogP contribution is 2.16. The van der Waals surface area contributed by atoms with Crippen LogP contribution in [0, 0.1) is 11.6 Å². The monoisotopic (exact) mass is 284 g/mol. The van der Waals surface area contributed by atoms with Gasteiger partial charge in [-0.05, 0) is 31.4 Å². The summed E-state index contributed by atoms with van der Waals surface area (Å²) in [6, 6.07) is 3.26. The number of carbonyl (C=O) groups excluding carboxylic acids is 1. The summed E-state index contributed by atoms with van der Waals surface area (Å²) in [7, 11) is 0. The van der Waals surface area contributed by atoms with Gasteiger partial charge in [0.25, 0.3) is 0 Å². The number of benzene rings is 1. The van der Waals surface area contributed by atoms with E-state index in [-0.39, 0.29) is 37.2 Å². The summed E-state index contributed by atoms with van der Waals surface area (Å²) in [6.07, 6.45) is 1.74. The van der Waals surface area contributed by atoms with E-state index in [4.69, 9.17) is 5.11 Å². The van der Waals surface area contributed by atoms with Gasteiger partial charge in [0.1, 0.15) is 11.6 Å². The predicted octanol–water partition coefficient (Wildman–Crippen LogP) is 1.67. The largest absolute Gasteiger partial charge is 0.394 e. The molecule has 6 heteroatoms. The zero-order chi connectivity index (χ0) is 14.5. The molecule has 0 saturated carbocycles. The van der Waals surface area contributed by atoms with Gasteiger partial charge in [0.05, 0.1) is 12.6 Å². The molecule has 1 aromatic carbocycles. The summed E-state index contributed by atoms with van der Waals surface area (Å²) >= 11 is 0. The highest BCUT2D eigenvalue weighted by atomic mass is 19.1. The molecule has 0 spiro atoms. The third-order valence-corrected chi connectivity index (χ3v) is 3.56. The fourth-order valence-electron chi connectivity index (χ4n) is 2.46. The van der Waals surface area contributed by atoms with Gasteiger partial charge >= 0.3 is 6.03 Å². The van der Waals surface area contributed by atoms with Gasteiger partial charge in [-0.25, -0.2) is 13.6 Å². The Kier molecular flexibility index (Phi) is 4.89. The van der Waals surface area contributed by atoms with Crippen molar-refractivity contribution in [3.05, 3.63) is 35.4 Å². The summed E-state index contributed by atoms with van der Waals surface area (Å²) in [5.74, 6) is -1.21. The second-order valence-electron chi connectivity index (χ2n) is 4.85. The van der Waals surface area contributed by atoms with Gasteiger partial charge < -0.3 is 15.3 Å². The summed E-state index contributed by atoms with van der Waals surface area (Å²) in [5.41, 5.74) is -0.0204. The first-order valence-electron chi connectivity index (χ1n) is 6.71. The van der Waals surface area contributed by atoms with Crippen LogP contribution in [0.1, 0.15) is 18.4 Å². The lowest BCUT2D eigenvalue weighted by molar-refractivity contribution is 0.157. The van der Waals surface area contributed by atoms with Crippen molar-refractivity contribution in [1.29, 1.82) is 0 Å². The van der Waals surface area contributed by atoms with E-state index in [0.717, 1.165) is 12.8 Å². The van der Waals surface area contributed by atoms with Crippen molar-refractivity contribution in [2.75, 3.05) is 19.7 Å². The molecule has 2 N–H and O–H groups in total. The zero-order valence-corrected chi connectivity index (χ0v) is 11.1. The van der Waals surface area contributed by atoms with Gasteiger partial charge in [-0.1, -0.05) is 6.07 Å². The molecule has 0 aromatic heterocycles. The topological polar surface area (TPSA) is 52.6 Å². The zero-order valence-electron chi connectivity index (χ0n) is 11.1. The predicted molar refractivity (Wildman–Crippen MR) is 70.3 cm³/mol. The smallest absolute Gasteiger partial charge is 0.317 e. The molecule has 1 heterocycles. The lowest BCUT2D eigenvalue weighted by Crippen LogP contribution is -2.44. The SMILES string of the molecule is O=C(NCCc1c(F)cccc1F)N1CCCC1CO. The number of aliphatic hydroxyl groups excluding tert-OH is 1. The fourth-order valence-corrected chi connectivity index (χ4v) is 2.46. The molecule has 1 aliphatic heterocycles. The van der Waals surface area contributed by atoms with E-state index in [0.29, 0.717) is 6.54 Å². The Morgan fingerprint density at radius 2 is 2.10 bits per heavy atom. The van der Waals surface area contributed by atoms with Crippen LogP contribution < -0.4 is 5.32 Å². The van der Waals surface area contributed by atoms with Crippen LogP contribution in [0.4, 0.5) is 13.6 Å². The molecule has 2 rings (SSSR count). The van der Waals surface area contributed by atoms with E-state index in [1.165, 1.54) is 18.2 Å². The number of hydrogen-bond donors (Lipinski definition) is 2. The van der Waals surface area contributed by atoms with Crippen molar-refractivity contribution >= 4 is 6.03 Å². The molecule has 1 aromatic rings. The molecule has 110 valence electrons. The first-order valence-corrected chi connectivity index (χ1v) is 6.71. The molecule has 1 fully saturated rings. The summed E-state index contributed by atoms with van der Waals surface area (Å²) in [6.45, 7) is 0.700. The quantitative estimate of drug-likeness (QED) is 0.883. The summed E-state index contributed by atoms with van der Waals surface area (Å²) in [4.78, 5) is 13.5. The number of carbonyl (C=O) groups is 1. The van der Waals surface area contributed by atoms with Crippen LogP contribution >= 0.6 is 0 Å². The molecule has 1 saturated heterocycles. The molecule has 1 atom stereocenters. The molecule has 2 amide bonds. The van der Waals surface area contributed by atoms with Crippen molar-refractivity contribution < 1.29 is 18.7 Å². The highest BCUT2D eigenvalue weighted by molar-refractivity contribution is 5.74. The summed E-state index contributed by atoms with van der Waals surface area (Å²) < 4.78 is 26.8. The van der Waals surface area contributed by atoms with Crippen LogP contribution in [-0.2, 0) is 6.42 Å². The number of hydrogen-bond acceptors (Lipinski definition) is 2. The number of urea groups is 1. The Balaban J connectivity index is 1.85. The van der Waals surface area contributed by atoms with Gasteiger partial charge in [0.2, 0.25) is 0 Å². The average Bonchev–Trinajstić information content (AvgIpc) is 2.90. The normalized spacial score (nSPS) is 18.4. The van der Waals surface area contributed by atoms with Crippen molar-refractivity contribution in [2.24, 2.45) is 0 Å². The summed E-state index contributed by atoms with van der Waals surface area (Å²) in [5, 5.41) is 11.8. The van der Waals surface area contributed by atoms with E-state index in [2.05, 4.69) is 5.32 Å². The van der Waals surface area contributed by atoms with Crippen molar-refractivity contribution in [2.45, 2.75) is 25.3 Å². The van der Waals surface area contributed by atoms with E-state index >= 15 is 0 Å². The van der Waals surface area contributed by atoms with Crippen molar-refractivity contribution in [3.63, 3.8) is 0 Å². The number of nitrogens with one attached hydrogen (secondary N) is 1. The number of nitrogens with zero attached hydrogens (tertiary/aromatic N) is 1. The minimum absolute atomic E-state index is 0.0204. The standard InChI is InChI=1S/C14H18F2N2O2/c15-12-4-1-5-13(16)11(12)6-7-17-14(20)18-8-2-3-10(18)9-19/h1,4-5,10,19H,2-3,6-9H2,(H,17,20). The third-order valence-electron chi connectivity index (χ3n) is 3.56. The van der Waals surface area contributed by atoms with Gasteiger partial charge in [-0.2, -0.15) is 0 Å². The average molecular weight is 284 g/mol. The maximum absolute atomic E-state index is 13.4. The lowest BCUT2D eigenvalue weighted by atomic mass is 10.1. The van der Waals surface area contributed by atoms with E-state index in [1.807, 2.05) is 0 Å². The minimum Gasteiger partial charge on any atom is -0.394 e. The molecular formula is C14H18F2N2O2. The first-order chi connectivity index (χ1) is 9.63. The van der Waals surface area contributed by atoms with Crippen LogP contribution in [0.15, 0.2) is 18.2 Å². The van der Waals surface area contributed by atoms with Crippen LogP contribution in [0.25, 0.3) is 0 Å². The Labute approximate surface area is 116 Å². The van der Waals surface area contributed by atoms with E-state index in [9.17, 15) is 13.6 Å². The molecule has 4 nitrogen and oxygen atoms in total. The Bertz CT molecular complexity index is 462. The third kappa shape index (κ3) is 3.25. The number of likely N-dealkylation sites (tertiary alicyclic amines) is 1. The maximum atomic E-state index is 13.4.